The van der Waals surface area contributed by atoms with Crippen molar-refractivity contribution in [3.05, 3.63) is 33.1 Å². The van der Waals surface area contributed by atoms with Gasteiger partial charge >= 0.3 is 0 Å². The number of fused-ring (bicyclic) bond motifs is 1. The summed E-state index contributed by atoms with van der Waals surface area (Å²) in [4.78, 5) is 28.9. The van der Waals surface area contributed by atoms with E-state index in [0.717, 1.165) is 29.1 Å². The van der Waals surface area contributed by atoms with Gasteiger partial charge in [-0.05, 0) is 37.7 Å². The summed E-state index contributed by atoms with van der Waals surface area (Å²) in [5.74, 6) is 0.956. The quantitative estimate of drug-likeness (QED) is 0.846. The van der Waals surface area contributed by atoms with E-state index in [1.54, 1.807) is 15.9 Å². The first-order valence-corrected chi connectivity index (χ1v) is 9.62. The smallest absolute Gasteiger partial charge is 0.260 e. The van der Waals surface area contributed by atoms with E-state index in [9.17, 15) is 9.59 Å². The highest BCUT2D eigenvalue weighted by molar-refractivity contribution is 7.19. The molecule has 0 aromatic carbocycles. The molecule has 1 saturated heterocycles. The molecule has 3 rings (SSSR count). The zero-order valence-corrected chi connectivity index (χ0v) is 15.8. The first kappa shape index (κ1) is 17.2. The van der Waals surface area contributed by atoms with Crippen LogP contribution in [0.3, 0.4) is 0 Å². The second-order valence-corrected chi connectivity index (χ2v) is 8.69. The van der Waals surface area contributed by atoms with Crippen molar-refractivity contribution in [2.75, 3.05) is 13.1 Å². The van der Waals surface area contributed by atoms with Crippen molar-refractivity contribution in [3.8, 4) is 0 Å². The van der Waals surface area contributed by atoms with Gasteiger partial charge in [-0.1, -0.05) is 20.8 Å². The van der Waals surface area contributed by atoms with Gasteiger partial charge in [0.1, 0.15) is 0 Å². The van der Waals surface area contributed by atoms with Crippen molar-refractivity contribution in [2.24, 2.45) is 11.8 Å². The number of hydrogen-bond acceptors (Lipinski definition) is 3. The van der Waals surface area contributed by atoms with Crippen LogP contribution in [-0.4, -0.2) is 28.5 Å². The summed E-state index contributed by atoms with van der Waals surface area (Å²) in [7, 11) is 0. The third-order valence-electron chi connectivity index (χ3n) is 4.71. The second-order valence-electron chi connectivity index (χ2n) is 7.44. The van der Waals surface area contributed by atoms with Gasteiger partial charge in [-0.15, -0.1) is 11.3 Å². The van der Waals surface area contributed by atoms with Gasteiger partial charge < -0.3 is 9.47 Å². The Morgan fingerprint density at radius 2 is 2.17 bits per heavy atom. The second kappa shape index (κ2) is 6.71. The number of aryl methyl sites for hydroxylation is 1. The molecule has 4 nitrogen and oxygen atoms in total. The number of pyridine rings is 1. The molecule has 0 N–H and O–H groups in total. The Labute approximate surface area is 147 Å². The molecule has 0 radical (unpaired) electrons. The minimum atomic E-state index is -0.0287. The lowest BCUT2D eigenvalue weighted by molar-refractivity contribution is 0.0685. The molecule has 3 heterocycles. The number of thiophene rings is 1. The molecule has 0 unspecified atom stereocenters. The Kier molecular flexibility index (Phi) is 4.81. The first-order valence-electron chi connectivity index (χ1n) is 8.80. The summed E-state index contributed by atoms with van der Waals surface area (Å²) in [5, 5.41) is 0.615. The minimum Gasteiger partial charge on any atom is -0.338 e. The van der Waals surface area contributed by atoms with Gasteiger partial charge in [0.15, 0.2) is 0 Å². The molecule has 1 fully saturated rings. The normalized spacial score (nSPS) is 18.5. The van der Waals surface area contributed by atoms with Crippen LogP contribution in [0.5, 0.6) is 0 Å². The molecule has 0 spiro atoms. The number of rotatable bonds is 3. The Bertz CT molecular complexity index is 819. The van der Waals surface area contributed by atoms with Gasteiger partial charge in [-0.2, -0.15) is 0 Å². The largest absolute Gasteiger partial charge is 0.338 e. The molecule has 1 atom stereocenters. The highest BCUT2D eigenvalue weighted by Crippen LogP contribution is 2.30. The van der Waals surface area contributed by atoms with Gasteiger partial charge in [0.05, 0.1) is 10.9 Å². The third-order valence-corrected chi connectivity index (χ3v) is 5.78. The fourth-order valence-corrected chi connectivity index (χ4v) is 4.63. The van der Waals surface area contributed by atoms with E-state index >= 15 is 0 Å². The fraction of sp³-hybridized carbons (Fsp3) is 0.579. The number of carbonyl (C=O) groups is 1. The summed E-state index contributed by atoms with van der Waals surface area (Å²) in [6.45, 7) is 10.6. The molecule has 1 amide bonds. The fourth-order valence-electron chi connectivity index (χ4n) is 3.59. The SMILES string of the molecule is Cc1sc2ccn(CC(C)C)c(=O)c2c1C(=O)N1CCC[C@H](C)C1. The van der Waals surface area contributed by atoms with Gasteiger partial charge in [0.25, 0.3) is 11.5 Å². The van der Waals surface area contributed by atoms with E-state index < -0.39 is 0 Å². The first-order chi connectivity index (χ1) is 11.4. The molecule has 2 aromatic rings. The maximum Gasteiger partial charge on any atom is 0.260 e. The van der Waals surface area contributed by atoms with Crippen LogP contribution in [0, 0.1) is 18.8 Å². The maximum atomic E-state index is 13.1. The number of amides is 1. The Morgan fingerprint density at radius 1 is 1.42 bits per heavy atom. The number of piperidine rings is 1. The van der Waals surface area contributed by atoms with Crippen molar-refractivity contribution < 1.29 is 4.79 Å². The molecule has 1 aliphatic rings. The summed E-state index contributed by atoms with van der Waals surface area (Å²) < 4.78 is 2.67. The molecule has 24 heavy (non-hydrogen) atoms. The van der Waals surface area contributed by atoms with E-state index in [0.29, 0.717) is 29.3 Å². The summed E-state index contributed by atoms with van der Waals surface area (Å²) in [6.07, 6.45) is 4.08. The van der Waals surface area contributed by atoms with Crippen molar-refractivity contribution >= 4 is 27.3 Å². The average molecular weight is 346 g/mol. The van der Waals surface area contributed by atoms with Crippen LogP contribution in [0.4, 0.5) is 0 Å². The summed E-state index contributed by atoms with van der Waals surface area (Å²) in [5.41, 5.74) is 0.603. The van der Waals surface area contributed by atoms with Crippen molar-refractivity contribution in [3.63, 3.8) is 0 Å². The number of likely N-dealkylation sites (tertiary alicyclic amines) is 1. The molecule has 0 aliphatic carbocycles. The third kappa shape index (κ3) is 3.14. The summed E-state index contributed by atoms with van der Waals surface area (Å²) in [6, 6.07) is 1.98. The van der Waals surface area contributed by atoms with Crippen molar-refractivity contribution in [1.29, 1.82) is 0 Å². The van der Waals surface area contributed by atoms with Crippen LogP contribution < -0.4 is 5.56 Å². The molecule has 130 valence electrons. The van der Waals surface area contributed by atoms with Crippen LogP contribution in [0.25, 0.3) is 10.1 Å². The highest BCUT2D eigenvalue weighted by atomic mass is 32.1. The monoisotopic (exact) mass is 346 g/mol. The topological polar surface area (TPSA) is 42.3 Å². The zero-order chi connectivity index (χ0) is 17.4. The summed E-state index contributed by atoms with van der Waals surface area (Å²) >= 11 is 1.55. The zero-order valence-electron chi connectivity index (χ0n) is 15.0. The highest BCUT2D eigenvalue weighted by Gasteiger charge is 2.27. The van der Waals surface area contributed by atoms with Gasteiger partial charge in [-0.25, -0.2) is 0 Å². The van der Waals surface area contributed by atoms with E-state index in [1.165, 1.54) is 6.42 Å². The molecule has 0 bridgehead atoms. The van der Waals surface area contributed by atoms with Gasteiger partial charge in [0.2, 0.25) is 0 Å². The molecule has 2 aromatic heterocycles. The molecule has 1 aliphatic heterocycles. The predicted molar refractivity (Wildman–Crippen MR) is 100.0 cm³/mol. The Morgan fingerprint density at radius 3 is 2.83 bits per heavy atom. The lowest BCUT2D eigenvalue weighted by Gasteiger charge is -2.31. The number of carbonyl (C=O) groups excluding carboxylic acids is 1. The van der Waals surface area contributed by atoms with Gasteiger partial charge in [-0.3, -0.25) is 9.59 Å². The molecular formula is C19H26N2O2S. The minimum absolute atomic E-state index is 0.0287. The Hall–Kier alpha value is -1.62. The maximum absolute atomic E-state index is 13.1. The molecular weight excluding hydrogens is 320 g/mol. The van der Waals surface area contributed by atoms with Crippen molar-refractivity contribution in [1.82, 2.24) is 9.47 Å². The molecule has 5 heteroatoms. The average Bonchev–Trinajstić information content (AvgIpc) is 2.86. The van der Waals surface area contributed by atoms with Crippen LogP contribution >= 0.6 is 11.3 Å². The predicted octanol–water partition coefficient (Wildman–Crippen LogP) is 3.90. The standard InChI is InChI=1S/C19H26N2O2S/c1-12(2)10-21-9-7-15-17(19(21)23)16(14(4)24-15)18(22)20-8-5-6-13(3)11-20/h7,9,12-13H,5-6,8,10-11H2,1-4H3/t13-/m0/s1. The lowest BCUT2D eigenvalue weighted by atomic mass is 9.99. The number of aromatic nitrogens is 1. The van der Waals surface area contributed by atoms with E-state index in [1.807, 2.05) is 24.1 Å². The van der Waals surface area contributed by atoms with Crippen molar-refractivity contribution in [2.45, 2.75) is 47.1 Å². The number of nitrogens with zero attached hydrogens (tertiary/aromatic N) is 2. The lowest BCUT2D eigenvalue weighted by Crippen LogP contribution is -2.39. The van der Waals surface area contributed by atoms with E-state index in [-0.39, 0.29) is 11.5 Å². The van der Waals surface area contributed by atoms with Crippen LogP contribution in [0.1, 0.15) is 48.8 Å². The van der Waals surface area contributed by atoms with Gasteiger partial charge in [0, 0.05) is 35.4 Å². The van der Waals surface area contributed by atoms with Crippen LogP contribution in [0.2, 0.25) is 0 Å². The van der Waals surface area contributed by atoms with E-state index in [2.05, 4.69) is 20.8 Å². The number of hydrogen-bond donors (Lipinski definition) is 0. The Balaban J connectivity index is 2.08. The molecule has 0 saturated carbocycles. The van der Waals surface area contributed by atoms with Crippen LogP contribution in [0.15, 0.2) is 17.1 Å². The van der Waals surface area contributed by atoms with E-state index in [4.69, 9.17) is 0 Å². The van der Waals surface area contributed by atoms with Crippen LogP contribution in [-0.2, 0) is 6.54 Å².